The van der Waals surface area contributed by atoms with Crippen LogP contribution in [0.3, 0.4) is 0 Å². The Kier molecular flexibility index (Phi) is 5.33. The summed E-state index contributed by atoms with van der Waals surface area (Å²) in [6.45, 7) is 9.58. The molecule has 1 saturated heterocycles. The molecule has 24 heavy (non-hydrogen) atoms. The van der Waals surface area contributed by atoms with Crippen LogP contribution in [0.15, 0.2) is 29.3 Å². The maximum atomic E-state index is 6.07. The van der Waals surface area contributed by atoms with E-state index in [0.717, 1.165) is 50.3 Å². The van der Waals surface area contributed by atoms with Crippen molar-refractivity contribution in [3.63, 3.8) is 0 Å². The molecule has 132 valence electrons. The zero-order chi connectivity index (χ0) is 17.2. The molecule has 3 rings (SSSR count). The van der Waals surface area contributed by atoms with E-state index in [-0.39, 0.29) is 11.6 Å². The lowest BCUT2D eigenvalue weighted by Gasteiger charge is -2.42. The maximum Gasteiger partial charge on any atom is 0.193 e. The van der Waals surface area contributed by atoms with E-state index in [0.29, 0.717) is 0 Å². The standard InChI is InChI=1S/C18H27ClN4O/c1-18(2)13-23(10-11-24-18)16(14-4-6-15(19)7-5-14)12-21-17-20-8-9-22(17)3/h4-7,16H,8-13H2,1-3H3,(H,20,21). The SMILES string of the molecule is CN1CCN=C1NCC(c1ccc(Cl)cc1)N1CCOC(C)(C)C1. The number of hydrogen-bond acceptors (Lipinski definition) is 5. The zero-order valence-corrected chi connectivity index (χ0v) is 15.5. The van der Waals surface area contributed by atoms with Gasteiger partial charge in [-0.25, -0.2) is 0 Å². The highest BCUT2D eigenvalue weighted by Crippen LogP contribution is 2.27. The minimum atomic E-state index is -0.120. The Balaban J connectivity index is 1.76. The number of nitrogens with zero attached hydrogens (tertiary/aromatic N) is 3. The molecule has 0 saturated carbocycles. The lowest BCUT2D eigenvalue weighted by molar-refractivity contribution is -0.0971. The average Bonchev–Trinajstić information content (AvgIpc) is 2.94. The molecule has 1 atom stereocenters. The van der Waals surface area contributed by atoms with Crippen molar-refractivity contribution in [2.24, 2.45) is 4.99 Å². The van der Waals surface area contributed by atoms with Crippen molar-refractivity contribution in [2.45, 2.75) is 25.5 Å². The third-order valence-corrected chi connectivity index (χ3v) is 4.91. The topological polar surface area (TPSA) is 40.1 Å². The molecule has 0 amide bonds. The third-order valence-electron chi connectivity index (χ3n) is 4.66. The molecule has 5 nitrogen and oxygen atoms in total. The van der Waals surface area contributed by atoms with Crippen molar-refractivity contribution in [1.82, 2.24) is 15.1 Å². The minimum absolute atomic E-state index is 0.120. The summed E-state index contributed by atoms with van der Waals surface area (Å²) in [6.07, 6.45) is 0. The number of halogens is 1. The Hall–Kier alpha value is -1.30. The van der Waals surface area contributed by atoms with Crippen molar-refractivity contribution in [2.75, 3.05) is 46.4 Å². The first-order valence-electron chi connectivity index (χ1n) is 8.57. The van der Waals surface area contributed by atoms with Gasteiger partial charge in [-0.15, -0.1) is 0 Å². The first kappa shape index (κ1) is 17.5. The Morgan fingerprint density at radius 1 is 1.29 bits per heavy atom. The second kappa shape index (κ2) is 7.30. The summed E-state index contributed by atoms with van der Waals surface area (Å²) in [5.41, 5.74) is 1.15. The zero-order valence-electron chi connectivity index (χ0n) is 14.8. The van der Waals surface area contributed by atoms with Gasteiger partial charge in [-0.05, 0) is 31.5 Å². The first-order chi connectivity index (χ1) is 11.4. The highest BCUT2D eigenvalue weighted by Gasteiger charge is 2.32. The van der Waals surface area contributed by atoms with Gasteiger partial charge in [-0.2, -0.15) is 0 Å². The van der Waals surface area contributed by atoms with E-state index in [4.69, 9.17) is 16.3 Å². The van der Waals surface area contributed by atoms with Crippen LogP contribution >= 0.6 is 11.6 Å². The van der Waals surface area contributed by atoms with E-state index in [1.807, 2.05) is 12.1 Å². The summed E-state index contributed by atoms with van der Waals surface area (Å²) < 4.78 is 5.88. The van der Waals surface area contributed by atoms with Crippen LogP contribution in [0.2, 0.25) is 5.02 Å². The Labute approximate surface area is 149 Å². The fourth-order valence-corrected chi connectivity index (χ4v) is 3.50. The van der Waals surface area contributed by atoms with Crippen molar-refractivity contribution in [3.05, 3.63) is 34.9 Å². The van der Waals surface area contributed by atoms with Crippen molar-refractivity contribution in [3.8, 4) is 0 Å². The minimum Gasteiger partial charge on any atom is -0.373 e. The summed E-state index contributed by atoms with van der Waals surface area (Å²) in [6, 6.07) is 8.44. The molecule has 2 heterocycles. The van der Waals surface area contributed by atoms with Gasteiger partial charge in [0, 0.05) is 38.2 Å². The van der Waals surface area contributed by atoms with E-state index in [9.17, 15) is 0 Å². The van der Waals surface area contributed by atoms with Gasteiger partial charge in [0.15, 0.2) is 5.96 Å². The molecule has 2 aliphatic rings. The lowest BCUT2D eigenvalue weighted by Crippen LogP contribution is -2.52. The van der Waals surface area contributed by atoms with Crippen LogP contribution in [0, 0.1) is 0 Å². The van der Waals surface area contributed by atoms with E-state index in [1.54, 1.807) is 0 Å². The number of nitrogens with one attached hydrogen (secondary N) is 1. The Morgan fingerprint density at radius 2 is 2.04 bits per heavy atom. The van der Waals surface area contributed by atoms with Gasteiger partial charge in [0.2, 0.25) is 0 Å². The molecule has 0 aliphatic carbocycles. The first-order valence-corrected chi connectivity index (χ1v) is 8.95. The van der Waals surface area contributed by atoms with E-state index < -0.39 is 0 Å². The summed E-state index contributed by atoms with van der Waals surface area (Å²) in [5, 5.41) is 4.30. The lowest BCUT2D eigenvalue weighted by atomic mass is 10.0. The van der Waals surface area contributed by atoms with E-state index in [2.05, 4.69) is 53.1 Å². The van der Waals surface area contributed by atoms with Crippen LogP contribution in [-0.4, -0.2) is 67.7 Å². The molecule has 1 aromatic rings. The van der Waals surface area contributed by atoms with Crippen LogP contribution in [0.25, 0.3) is 0 Å². The van der Waals surface area contributed by atoms with Crippen LogP contribution in [0.1, 0.15) is 25.5 Å². The fourth-order valence-electron chi connectivity index (χ4n) is 3.37. The predicted octanol–water partition coefficient (Wildman–Crippen LogP) is 2.38. The molecule has 1 aromatic carbocycles. The Bertz CT molecular complexity index is 587. The molecule has 0 spiro atoms. The molecule has 0 aromatic heterocycles. The van der Waals surface area contributed by atoms with Crippen LogP contribution in [-0.2, 0) is 4.74 Å². The number of hydrogen-bond donors (Lipinski definition) is 1. The summed E-state index contributed by atoms with van der Waals surface area (Å²) in [7, 11) is 2.08. The number of rotatable bonds is 4. The second-order valence-corrected chi connectivity index (χ2v) is 7.59. The van der Waals surface area contributed by atoms with Gasteiger partial charge < -0.3 is 15.0 Å². The molecule has 1 unspecified atom stereocenters. The van der Waals surface area contributed by atoms with Gasteiger partial charge >= 0.3 is 0 Å². The van der Waals surface area contributed by atoms with E-state index >= 15 is 0 Å². The number of ether oxygens (including phenoxy) is 1. The number of aliphatic imine (C=N–C) groups is 1. The second-order valence-electron chi connectivity index (χ2n) is 7.15. The van der Waals surface area contributed by atoms with Gasteiger partial charge in [-0.1, -0.05) is 23.7 Å². The quantitative estimate of drug-likeness (QED) is 0.905. The van der Waals surface area contributed by atoms with Crippen molar-refractivity contribution >= 4 is 17.6 Å². The molecule has 6 heteroatoms. The van der Waals surface area contributed by atoms with Crippen LogP contribution in [0.4, 0.5) is 0 Å². The monoisotopic (exact) mass is 350 g/mol. The molecular weight excluding hydrogens is 324 g/mol. The van der Waals surface area contributed by atoms with Gasteiger partial charge in [0.1, 0.15) is 0 Å². The third kappa shape index (κ3) is 4.21. The average molecular weight is 351 g/mol. The summed E-state index contributed by atoms with van der Waals surface area (Å²) >= 11 is 6.07. The summed E-state index contributed by atoms with van der Waals surface area (Å²) in [4.78, 5) is 9.20. The number of benzene rings is 1. The number of likely N-dealkylation sites (N-methyl/N-ethyl adjacent to an activating group) is 1. The molecule has 0 radical (unpaired) electrons. The van der Waals surface area contributed by atoms with Crippen molar-refractivity contribution < 1.29 is 4.74 Å². The normalized spacial score (nSPS) is 22.3. The fraction of sp³-hybridized carbons (Fsp3) is 0.611. The van der Waals surface area contributed by atoms with E-state index in [1.165, 1.54) is 5.56 Å². The smallest absolute Gasteiger partial charge is 0.193 e. The highest BCUT2D eigenvalue weighted by molar-refractivity contribution is 6.30. The molecule has 1 fully saturated rings. The largest absolute Gasteiger partial charge is 0.373 e. The van der Waals surface area contributed by atoms with Gasteiger partial charge in [0.05, 0.1) is 24.8 Å². The number of morpholine rings is 1. The van der Waals surface area contributed by atoms with Crippen LogP contribution < -0.4 is 5.32 Å². The maximum absolute atomic E-state index is 6.07. The number of guanidine groups is 1. The summed E-state index contributed by atoms with van der Waals surface area (Å²) in [5.74, 6) is 0.987. The molecule has 2 aliphatic heterocycles. The van der Waals surface area contributed by atoms with Crippen molar-refractivity contribution in [1.29, 1.82) is 0 Å². The molecule has 0 bridgehead atoms. The molecule has 1 N–H and O–H groups in total. The highest BCUT2D eigenvalue weighted by atomic mass is 35.5. The van der Waals surface area contributed by atoms with Gasteiger partial charge in [-0.3, -0.25) is 9.89 Å². The van der Waals surface area contributed by atoms with Crippen LogP contribution in [0.5, 0.6) is 0 Å². The predicted molar refractivity (Wildman–Crippen MR) is 98.7 cm³/mol. The Morgan fingerprint density at radius 3 is 2.67 bits per heavy atom. The van der Waals surface area contributed by atoms with Gasteiger partial charge in [0.25, 0.3) is 0 Å². The molecular formula is C18H27ClN4O.